The number of hydrogen-bond donors (Lipinski definition) is 0. The molecule has 0 aliphatic rings. The summed E-state index contributed by atoms with van der Waals surface area (Å²) in [5, 5.41) is 4.92. The SMILES string of the molecule is c1ccc(-c2ccc(-c3cccc(-c4cccc(-n5c6ccccc6c6cc(-c7ccc8c9ccccc9n(-c9ccccc9)c8c7)ccc65)n4)c3)cc2)cc1. The first kappa shape index (κ1) is 32.0. The van der Waals surface area contributed by atoms with Gasteiger partial charge in [-0.2, -0.15) is 0 Å². The van der Waals surface area contributed by atoms with Gasteiger partial charge < -0.3 is 4.57 Å². The third-order valence-corrected chi connectivity index (χ3v) is 11.1. The number of fused-ring (bicyclic) bond motifs is 6. The van der Waals surface area contributed by atoms with E-state index in [1.54, 1.807) is 0 Å². The molecule has 11 rings (SSSR count). The smallest absolute Gasteiger partial charge is 0.138 e. The van der Waals surface area contributed by atoms with Gasteiger partial charge in [0.15, 0.2) is 0 Å². The third-order valence-electron chi connectivity index (χ3n) is 11.1. The lowest BCUT2D eigenvalue weighted by Crippen LogP contribution is -1.98. The molecule has 0 radical (unpaired) electrons. The van der Waals surface area contributed by atoms with E-state index in [0.717, 1.165) is 33.8 Å². The van der Waals surface area contributed by atoms with Crippen molar-refractivity contribution in [1.29, 1.82) is 0 Å². The van der Waals surface area contributed by atoms with Crippen molar-refractivity contribution in [2.45, 2.75) is 0 Å². The lowest BCUT2D eigenvalue weighted by Gasteiger charge is -2.11. The number of rotatable bonds is 6. The predicted octanol–water partition coefficient (Wildman–Crippen LogP) is 13.9. The molecule has 3 heteroatoms. The molecular weight excluding hydrogens is 679 g/mol. The van der Waals surface area contributed by atoms with Gasteiger partial charge in [0.2, 0.25) is 0 Å². The Morgan fingerprint density at radius 3 is 1.55 bits per heavy atom. The summed E-state index contributed by atoms with van der Waals surface area (Å²) in [5.74, 6) is 0.896. The van der Waals surface area contributed by atoms with Gasteiger partial charge in [0.25, 0.3) is 0 Å². The van der Waals surface area contributed by atoms with Crippen molar-refractivity contribution in [2.24, 2.45) is 0 Å². The summed E-state index contributed by atoms with van der Waals surface area (Å²) in [7, 11) is 0. The topological polar surface area (TPSA) is 22.8 Å². The quantitative estimate of drug-likeness (QED) is 0.168. The van der Waals surface area contributed by atoms with Crippen molar-refractivity contribution in [1.82, 2.24) is 14.1 Å². The standard InChI is InChI=1S/C53H35N3/c1-3-13-36(14-4-1)37-25-27-38(28-26-37)39-15-11-16-42(33-39)48-21-12-24-53(54-48)56-50-23-10-8-20-45(50)47-34-40(30-32-51(47)56)41-29-31-46-44-19-7-9-22-49(44)55(52(46)35-41)43-17-5-2-6-18-43/h1-35H. The lowest BCUT2D eigenvalue weighted by atomic mass is 9.98. The molecule has 0 atom stereocenters. The Hall–Kier alpha value is -7.49. The maximum Gasteiger partial charge on any atom is 0.138 e. The fraction of sp³-hybridized carbons (Fsp3) is 0. The molecule has 0 bridgehead atoms. The molecule has 56 heavy (non-hydrogen) atoms. The van der Waals surface area contributed by atoms with Gasteiger partial charge in [-0.05, 0) is 94.0 Å². The average molecular weight is 714 g/mol. The van der Waals surface area contributed by atoms with E-state index in [2.05, 4.69) is 221 Å². The molecule has 0 amide bonds. The van der Waals surface area contributed by atoms with Crippen LogP contribution in [0.2, 0.25) is 0 Å². The van der Waals surface area contributed by atoms with Crippen molar-refractivity contribution < 1.29 is 0 Å². The van der Waals surface area contributed by atoms with Gasteiger partial charge >= 0.3 is 0 Å². The monoisotopic (exact) mass is 713 g/mol. The maximum atomic E-state index is 5.31. The Morgan fingerprint density at radius 2 is 0.768 bits per heavy atom. The van der Waals surface area contributed by atoms with Gasteiger partial charge in [-0.3, -0.25) is 4.57 Å². The Morgan fingerprint density at radius 1 is 0.268 bits per heavy atom. The van der Waals surface area contributed by atoms with Crippen LogP contribution in [-0.4, -0.2) is 14.1 Å². The van der Waals surface area contributed by atoms with Crippen molar-refractivity contribution in [3.05, 3.63) is 212 Å². The highest BCUT2D eigenvalue weighted by atomic mass is 15.1. The zero-order chi connectivity index (χ0) is 37.0. The Balaban J connectivity index is 0.992. The second-order valence-corrected chi connectivity index (χ2v) is 14.4. The van der Waals surface area contributed by atoms with E-state index in [0.29, 0.717) is 0 Å². The third kappa shape index (κ3) is 5.32. The molecule has 3 heterocycles. The minimum Gasteiger partial charge on any atom is -0.309 e. The van der Waals surface area contributed by atoms with Gasteiger partial charge in [-0.15, -0.1) is 0 Å². The number of pyridine rings is 1. The molecular formula is C53H35N3. The van der Waals surface area contributed by atoms with Gasteiger partial charge in [0.1, 0.15) is 5.82 Å². The minimum absolute atomic E-state index is 0.896. The molecule has 8 aromatic carbocycles. The van der Waals surface area contributed by atoms with E-state index in [4.69, 9.17) is 4.98 Å². The zero-order valence-corrected chi connectivity index (χ0v) is 30.5. The van der Waals surface area contributed by atoms with Crippen LogP contribution in [0.15, 0.2) is 212 Å². The molecule has 0 spiro atoms. The maximum absolute atomic E-state index is 5.31. The highest BCUT2D eigenvalue weighted by Gasteiger charge is 2.17. The molecule has 3 nitrogen and oxygen atoms in total. The van der Waals surface area contributed by atoms with Gasteiger partial charge in [0.05, 0.1) is 27.8 Å². The van der Waals surface area contributed by atoms with Crippen LogP contribution in [0.3, 0.4) is 0 Å². The Kier molecular flexibility index (Phi) is 7.49. The van der Waals surface area contributed by atoms with Crippen LogP contribution in [0.5, 0.6) is 0 Å². The molecule has 262 valence electrons. The largest absolute Gasteiger partial charge is 0.309 e. The molecule has 0 aliphatic heterocycles. The van der Waals surface area contributed by atoms with Crippen LogP contribution >= 0.6 is 0 Å². The first-order valence-electron chi connectivity index (χ1n) is 19.1. The first-order chi connectivity index (χ1) is 27.8. The van der Waals surface area contributed by atoms with Gasteiger partial charge in [-0.1, -0.05) is 152 Å². The second-order valence-electron chi connectivity index (χ2n) is 14.4. The van der Waals surface area contributed by atoms with E-state index < -0.39 is 0 Å². The summed E-state index contributed by atoms with van der Waals surface area (Å²) in [5.41, 5.74) is 15.0. The fourth-order valence-corrected chi connectivity index (χ4v) is 8.46. The van der Waals surface area contributed by atoms with Crippen molar-refractivity contribution in [3.63, 3.8) is 0 Å². The molecule has 11 aromatic rings. The lowest BCUT2D eigenvalue weighted by molar-refractivity contribution is 1.08. The summed E-state index contributed by atoms with van der Waals surface area (Å²) < 4.78 is 4.69. The molecule has 0 saturated carbocycles. The number of aromatic nitrogens is 3. The minimum atomic E-state index is 0.896. The number of nitrogens with zero attached hydrogens (tertiary/aromatic N) is 3. The molecule has 0 N–H and O–H groups in total. The highest BCUT2D eigenvalue weighted by molar-refractivity contribution is 6.12. The Labute approximate surface area is 325 Å². The molecule has 0 unspecified atom stereocenters. The van der Waals surface area contributed by atoms with E-state index in [1.165, 1.54) is 66.0 Å². The Bertz CT molecular complexity index is 3230. The summed E-state index contributed by atoms with van der Waals surface area (Å²) in [4.78, 5) is 5.31. The summed E-state index contributed by atoms with van der Waals surface area (Å²) in [6.07, 6.45) is 0. The molecule has 0 fully saturated rings. The predicted molar refractivity (Wildman–Crippen MR) is 235 cm³/mol. The van der Waals surface area contributed by atoms with Crippen LogP contribution in [0, 0.1) is 0 Å². The van der Waals surface area contributed by atoms with Crippen LogP contribution in [0.4, 0.5) is 0 Å². The van der Waals surface area contributed by atoms with Crippen molar-refractivity contribution >= 4 is 43.6 Å². The first-order valence-corrected chi connectivity index (χ1v) is 19.1. The van der Waals surface area contributed by atoms with Crippen LogP contribution in [0.25, 0.3) is 99.8 Å². The van der Waals surface area contributed by atoms with Crippen LogP contribution < -0.4 is 0 Å². The number of para-hydroxylation sites is 3. The van der Waals surface area contributed by atoms with Crippen LogP contribution in [0.1, 0.15) is 0 Å². The van der Waals surface area contributed by atoms with Gasteiger partial charge in [-0.25, -0.2) is 4.98 Å². The average Bonchev–Trinajstić information content (AvgIpc) is 3.79. The normalized spacial score (nSPS) is 11.6. The summed E-state index contributed by atoms with van der Waals surface area (Å²) in [6, 6.07) is 76.2. The fourth-order valence-electron chi connectivity index (χ4n) is 8.46. The zero-order valence-electron chi connectivity index (χ0n) is 30.5. The molecule has 3 aromatic heterocycles. The highest BCUT2D eigenvalue weighted by Crippen LogP contribution is 2.38. The van der Waals surface area contributed by atoms with E-state index in [1.807, 2.05) is 0 Å². The van der Waals surface area contributed by atoms with Crippen molar-refractivity contribution in [3.8, 4) is 56.1 Å². The number of hydrogen-bond acceptors (Lipinski definition) is 1. The second kappa shape index (κ2) is 13.1. The van der Waals surface area contributed by atoms with Gasteiger partial charge in [0, 0.05) is 32.8 Å². The molecule has 0 saturated heterocycles. The summed E-state index contributed by atoms with van der Waals surface area (Å²) >= 11 is 0. The van der Waals surface area contributed by atoms with E-state index in [-0.39, 0.29) is 0 Å². The van der Waals surface area contributed by atoms with Crippen molar-refractivity contribution in [2.75, 3.05) is 0 Å². The van der Waals surface area contributed by atoms with E-state index >= 15 is 0 Å². The number of benzene rings is 8. The summed E-state index contributed by atoms with van der Waals surface area (Å²) in [6.45, 7) is 0. The molecule has 0 aliphatic carbocycles. The van der Waals surface area contributed by atoms with E-state index in [9.17, 15) is 0 Å². The van der Waals surface area contributed by atoms with Crippen LogP contribution in [-0.2, 0) is 0 Å².